The van der Waals surface area contributed by atoms with E-state index < -0.39 is 5.82 Å². The molecule has 6 nitrogen and oxygen atoms in total. The number of fused-ring (bicyclic) bond motifs is 1. The number of halogens is 3. The normalized spacial score (nSPS) is 15.2. The van der Waals surface area contributed by atoms with Crippen LogP contribution in [-0.2, 0) is 6.54 Å². The number of likely N-dealkylation sites (tertiary alicyclic amines) is 1. The second kappa shape index (κ2) is 10.1. The maximum absolute atomic E-state index is 14.0. The highest BCUT2D eigenvalue weighted by Gasteiger charge is 2.21. The number of piperidine rings is 1. The molecule has 1 aliphatic heterocycles. The molecule has 1 aromatic heterocycles. The number of nitrogens with one attached hydrogen (secondary N) is 1. The summed E-state index contributed by atoms with van der Waals surface area (Å²) >= 11 is 12.0. The van der Waals surface area contributed by atoms with Gasteiger partial charge in [0.1, 0.15) is 11.6 Å². The molecule has 170 valence electrons. The van der Waals surface area contributed by atoms with Crippen LogP contribution in [0.2, 0.25) is 10.3 Å². The van der Waals surface area contributed by atoms with Crippen molar-refractivity contribution in [2.45, 2.75) is 32.4 Å². The number of aromatic nitrogens is 2. The minimum Gasteiger partial charge on any atom is -0.493 e. The van der Waals surface area contributed by atoms with Crippen molar-refractivity contribution in [3.05, 3.63) is 52.0 Å². The molecule has 2 aromatic carbocycles. The van der Waals surface area contributed by atoms with Gasteiger partial charge in [0.2, 0.25) is 5.28 Å². The van der Waals surface area contributed by atoms with Crippen molar-refractivity contribution < 1.29 is 13.9 Å². The quantitative estimate of drug-likeness (QED) is 0.448. The molecule has 0 aliphatic carbocycles. The summed E-state index contributed by atoms with van der Waals surface area (Å²) in [6.07, 6.45) is 1.85. The van der Waals surface area contributed by atoms with Crippen molar-refractivity contribution in [2.24, 2.45) is 0 Å². The lowest BCUT2D eigenvalue weighted by Gasteiger charge is -2.33. The first kappa shape index (κ1) is 22.8. The smallest absolute Gasteiger partial charge is 0.224 e. The van der Waals surface area contributed by atoms with Crippen LogP contribution in [0, 0.1) is 5.82 Å². The first-order valence-electron chi connectivity index (χ1n) is 10.6. The third kappa shape index (κ3) is 5.17. The Balaban J connectivity index is 1.41. The van der Waals surface area contributed by atoms with E-state index in [1.54, 1.807) is 7.11 Å². The van der Waals surface area contributed by atoms with Gasteiger partial charge in [-0.1, -0.05) is 17.7 Å². The summed E-state index contributed by atoms with van der Waals surface area (Å²) in [5, 5.41) is 4.11. The molecule has 2 heterocycles. The molecule has 1 N–H and O–H groups in total. The fourth-order valence-corrected chi connectivity index (χ4v) is 4.31. The van der Waals surface area contributed by atoms with Gasteiger partial charge in [0, 0.05) is 31.1 Å². The Hall–Kier alpha value is -2.35. The molecule has 0 saturated carbocycles. The number of anilines is 1. The highest BCUT2D eigenvalue weighted by atomic mass is 35.5. The van der Waals surface area contributed by atoms with Crippen LogP contribution in [0.4, 0.5) is 10.2 Å². The van der Waals surface area contributed by atoms with Crippen LogP contribution < -0.4 is 14.8 Å². The van der Waals surface area contributed by atoms with Crippen molar-refractivity contribution in [2.75, 3.05) is 32.1 Å². The molecule has 1 aliphatic rings. The maximum atomic E-state index is 14.0. The van der Waals surface area contributed by atoms with E-state index in [-0.39, 0.29) is 16.3 Å². The number of methoxy groups -OCH3 is 1. The summed E-state index contributed by atoms with van der Waals surface area (Å²) in [6, 6.07) is 9.09. The SMILES string of the molecule is CCOc1cc(CN2CCC(Nc3nc(Cl)nc4cc(Cl)c(F)cc34)CC2)ccc1OC. The first-order chi connectivity index (χ1) is 15.5. The predicted molar refractivity (Wildman–Crippen MR) is 126 cm³/mol. The molecule has 4 rings (SSSR count). The molecular formula is C23H25Cl2FN4O2. The van der Waals surface area contributed by atoms with E-state index in [2.05, 4.69) is 26.3 Å². The Morgan fingerprint density at radius 2 is 1.91 bits per heavy atom. The summed E-state index contributed by atoms with van der Waals surface area (Å²) in [4.78, 5) is 10.9. The molecule has 3 aromatic rings. The van der Waals surface area contributed by atoms with Crippen molar-refractivity contribution in [1.29, 1.82) is 0 Å². The van der Waals surface area contributed by atoms with E-state index in [0.29, 0.717) is 23.3 Å². The van der Waals surface area contributed by atoms with Gasteiger partial charge >= 0.3 is 0 Å². The van der Waals surface area contributed by atoms with Gasteiger partial charge in [-0.15, -0.1) is 0 Å². The van der Waals surface area contributed by atoms with Gasteiger partial charge in [0.05, 0.1) is 24.3 Å². The van der Waals surface area contributed by atoms with E-state index in [9.17, 15) is 4.39 Å². The summed E-state index contributed by atoms with van der Waals surface area (Å²) in [6.45, 7) is 5.23. The van der Waals surface area contributed by atoms with Crippen LogP contribution >= 0.6 is 23.2 Å². The lowest BCUT2D eigenvalue weighted by Crippen LogP contribution is -2.38. The first-order valence-corrected chi connectivity index (χ1v) is 11.3. The van der Waals surface area contributed by atoms with E-state index >= 15 is 0 Å². The predicted octanol–water partition coefficient (Wildman–Crippen LogP) is 5.56. The third-order valence-corrected chi connectivity index (χ3v) is 6.03. The zero-order chi connectivity index (χ0) is 22.7. The molecule has 1 fully saturated rings. The summed E-state index contributed by atoms with van der Waals surface area (Å²) in [5.74, 6) is 1.54. The fraction of sp³-hybridized carbons (Fsp3) is 0.391. The van der Waals surface area contributed by atoms with E-state index in [1.165, 1.54) is 17.7 Å². The molecule has 0 unspecified atom stereocenters. The van der Waals surface area contributed by atoms with Gasteiger partial charge < -0.3 is 14.8 Å². The summed E-state index contributed by atoms with van der Waals surface area (Å²) in [5.41, 5.74) is 1.70. The zero-order valence-corrected chi connectivity index (χ0v) is 19.5. The molecular weight excluding hydrogens is 454 g/mol. The Labute approximate surface area is 196 Å². The number of hydrogen-bond acceptors (Lipinski definition) is 6. The number of hydrogen-bond donors (Lipinski definition) is 1. The Kier molecular flexibility index (Phi) is 7.18. The molecule has 0 bridgehead atoms. The molecule has 0 atom stereocenters. The van der Waals surface area contributed by atoms with Crippen molar-refractivity contribution in [1.82, 2.24) is 14.9 Å². The molecule has 9 heteroatoms. The third-order valence-electron chi connectivity index (χ3n) is 5.57. The van der Waals surface area contributed by atoms with Gasteiger partial charge in [-0.2, -0.15) is 0 Å². The number of rotatable bonds is 7. The maximum Gasteiger partial charge on any atom is 0.224 e. The monoisotopic (exact) mass is 478 g/mol. The molecule has 1 saturated heterocycles. The lowest BCUT2D eigenvalue weighted by atomic mass is 10.0. The lowest BCUT2D eigenvalue weighted by molar-refractivity contribution is 0.210. The number of benzene rings is 2. The van der Waals surface area contributed by atoms with Crippen LogP contribution in [0.15, 0.2) is 30.3 Å². The molecule has 32 heavy (non-hydrogen) atoms. The molecule has 0 amide bonds. The van der Waals surface area contributed by atoms with E-state index in [4.69, 9.17) is 32.7 Å². The zero-order valence-electron chi connectivity index (χ0n) is 18.0. The van der Waals surface area contributed by atoms with Gasteiger partial charge in [-0.25, -0.2) is 14.4 Å². The van der Waals surface area contributed by atoms with Crippen molar-refractivity contribution >= 4 is 39.9 Å². The standard InChI is InChI=1S/C23H25Cl2FN4O2/c1-3-32-21-10-14(4-5-20(21)31-2)13-30-8-6-15(7-9-30)27-22-16-11-18(26)17(24)12-19(16)28-23(25)29-22/h4-5,10-12,15H,3,6-9,13H2,1-2H3,(H,27,28,29). The van der Waals surface area contributed by atoms with Gasteiger partial charge in [0.15, 0.2) is 11.5 Å². The van der Waals surface area contributed by atoms with Crippen LogP contribution in [-0.4, -0.2) is 47.7 Å². The number of nitrogens with zero attached hydrogens (tertiary/aromatic N) is 3. The Morgan fingerprint density at radius 1 is 1.12 bits per heavy atom. The largest absolute Gasteiger partial charge is 0.493 e. The van der Waals surface area contributed by atoms with Gasteiger partial charge in [-0.05, 0) is 61.2 Å². The Morgan fingerprint density at radius 3 is 2.62 bits per heavy atom. The molecule has 0 spiro atoms. The summed E-state index contributed by atoms with van der Waals surface area (Å²) < 4.78 is 25.1. The van der Waals surface area contributed by atoms with E-state index in [0.717, 1.165) is 44.0 Å². The Bertz CT molecular complexity index is 1110. The second-order valence-electron chi connectivity index (χ2n) is 7.74. The topological polar surface area (TPSA) is 59.5 Å². The minimum absolute atomic E-state index is 0.0116. The number of ether oxygens (including phenoxy) is 2. The molecule has 0 radical (unpaired) electrons. The fourth-order valence-electron chi connectivity index (χ4n) is 3.98. The van der Waals surface area contributed by atoms with E-state index in [1.807, 2.05) is 19.1 Å². The van der Waals surface area contributed by atoms with Crippen LogP contribution in [0.1, 0.15) is 25.3 Å². The van der Waals surface area contributed by atoms with Gasteiger partial charge in [0.25, 0.3) is 0 Å². The van der Waals surface area contributed by atoms with Crippen LogP contribution in [0.5, 0.6) is 11.5 Å². The van der Waals surface area contributed by atoms with Crippen molar-refractivity contribution in [3.8, 4) is 11.5 Å². The highest BCUT2D eigenvalue weighted by Crippen LogP contribution is 2.30. The van der Waals surface area contributed by atoms with Crippen LogP contribution in [0.3, 0.4) is 0 Å². The minimum atomic E-state index is -0.506. The van der Waals surface area contributed by atoms with Crippen LogP contribution in [0.25, 0.3) is 10.9 Å². The van der Waals surface area contributed by atoms with Gasteiger partial charge in [-0.3, -0.25) is 4.90 Å². The highest BCUT2D eigenvalue weighted by molar-refractivity contribution is 6.31. The van der Waals surface area contributed by atoms with Crippen molar-refractivity contribution in [3.63, 3.8) is 0 Å². The summed E-state index contributed by atoms with van der Waals surface area (Å²) in [7, 11) is 1.65. The second-order valence-corrected chi connectivity index (χ2v) is 8.48. The average Bonchev–Trinajstić information content (AvgIpc) is 2.77. The average molecular weight is 479 g/mol.